The molecule has 3 aromatic rings. The van der Waals surface area contributed by atoms with Crippen LogP contribution in [-0.4, -0.2) is 92.4 Å². The Hall–Kier alpha value is -4.90. The number of sulfonamides is 1. The molecule has 0 aromatic heterocycles. The predicted octanol–water partition coefficient (Wildman–Crippen LogP) is 7.73. The van der Waals surface area contributed by atoms with Crippen LogP contribution in [0.5, 0.6) is 17.2 Å². The summed E-state index contributed by atoms with van der Waals surface area (Å²) in [6, 6.07) is 17.5. The van der Waals surface area contributed by atoms with Crippen molar-refractivity contribution in [2.45, 2.75) is 100 Å². The average Bonchev–Trinajstić information content (AvgIpc) is 3.29. The summed E-state index contributed by atoms with van der Waals surface area (Å²) in [5, 5.41) is 27.4. The molecule has 4 aliphatic rings. The molecule has 2 fully saturated rings. The number of hydrogen-bond acceptors (Lipinski definition) is 12. The lowest BCUT2D eigenvalue weighted by Gasteiger charge is -2.59. The number of benzene rings is 3. The number of aliphatic hydroxyl groups is 2. The van der Waals surface area contributed by atoms with Gasteiger partial charge in [-0.2, -0.15) is 4.31 Å². The van der Waals surface area contributed by atoms with E-state index in [1.807, 2.05) is 12.1 Å². The minimum absolute atomic E-state index is 0.00678. The maximum absolute atomic E-state index is 14.9. The lowest BCUT2D eigenvalue weighted by atomic mass is 9.55. The fourth-order valence-electron chi connectivity index (χ4n) is 9.72. The quantitative estimate of drug-likeness (QED) is 0.0437. The number of ether oxygens (including phenoxy) is 4. The highest BCUT2D eigenvalue weighted by molar-refractivity contribution is 7.89. The van der Waals surface area contributed by atoms with Crippen LogP contribution in [0.15, 0.2) is 101 Å². The third-order valence-electron chi connectivity index (χ3n) is 12.6. The van der Waals surface area contributed by atoms with E-state index in [1.165, 1.54) is 30.4 Å². The van der Waals surface area contributed by atoms with Gasteiger partial charge in [-0.15, -0.1) is 6.58 Å². The zero-order valence-electron chi connectivity index (χ0n) is 36.0. The molecular formula is C48H59N3O11S. The smallest absolute Gasteiger partial charge is 0.243 e. The molecule has 14 nitrogen and oxygen atoms in total. The number of unbranched alkanes of at least 4 members (excludes halogenated alkanes) is 2. The van der Waals surface area contributed by atoms with Crippen molar-refractivity contribution >= 4 is 33.6 Å². The highest BCUT2D eigenvalue weighted by atomic mass is 32.2. The summed E-state index contributed by atoms with van der Waals surface area (Å²) >= 11 is 0. The van der Waals surface area contributed by atoms with Gasteiger partial charge in [0.25, 0.3) is 0 Å². The van der Waals surface area contributed by atoms with Gasteiger partial charge in [-0.1, -0.05) is 42.3 Å². The van der Waals surface area contributed by atoms with Crippen molar-refractivity contribution in [2.75, 3.05) is 38.8 Å². The number of amides is 1. The van der Waals surface area contributed by atoms with Crippen LogP contribution in [0.25, 0.3) is 0 Å². The van der Waals surface area contributed by atoms with E-state index in [4.69, 9.17) is 28.9 Å². The number of carbonyl (C=O) groups is 2. The number of likely N-dealkylation sites (N-methyl/N-ethyl adjacent to an activating group) is 1. The molecule has 15 heteroatoms. The second-order valence-electron chi connectivity index (χ2n) is 16.7. The first-order chi connectivity index (χ1) is 30.5. The monoisotopic (exact) mass is 885 g/mol. The molecular weight excluding hydrogens is 827 g/mol. The number of fused-ring (bicyclic) bond motifs is 2. The van der Waals surface area contributed by atoms with Crippen molar-refractivity contribution in [3.8, 4) is 17.2 Å². The van der Waals surface area contributed by atoms with E-state index >= 15 is 0 Å². The summed E-state index contributed by atoms with van der Waals surface area (Å²) in [5.74, 6) is -1.47. The Morgan fingerprint density at radius 3 is 2.48 bits per heavy atom. The van der Waals surface area contributed by atoms with Gasteiger partial charge in [-0.05, 0) is 111 Å². The third kappa shape index (κ3) is 10.1. The number of nitrogens with zero attached hydrogens (tertiary/aromatic N) is 2. The Morgan fingerprint density at radius 2 is 1.78 bits per heavy atom. The fourth-order valence-corrected chi connectivity index (χ4v) is 11.1. The van der Waals surface area contributed by atoms with Gasteiger partial charge in [0.1, 0.15) is 23.5 Å². The molecule has 2 aliphatic carbocycles. The van der Waals surface area contributed by atoms with Gasteiger partial charge in [0, 0.05) is 62.8 Å². The van der Waals surface area contributed by atoms with E-state index < -0.39 is 34.1 Å². The first kappa shape index (κ1) is 46.1. The molecule has 0 bridgehead atoms. The van der Waals surface area contributed by atoms with Crippen LogP contribution < -0.4 is 14.8 Å². The number of anilines is 1. The zero-order valence-corrected chi connectivity index (χ0v) is 36.8. The number of allylic oxidation sites excluding steroid dienone is 1. The van der Waals surface area contributed by atoms with Gasteiger partial charge in [0.15, 0.2) is 0 Å². The second-order valence-corrected chi connectivity index (χ2v) is 18.7. The van der Waals surface area contributed by atoms with Crippen LogP contribution >= 0.6 is 0 Å². The lowest BCUT2D eigenvalue weighted by molar-refractivity contribution is -0.250. The molecule has 3 aromatic carbocycles. The molecule has 1 saturated heterocycles. The molecule has 7 atom stereocenters. The first-order valence-electron chi connectivity index (χ1n) is 22.0. The van der Waals surface area contributed by atoms with Crippen LogP contribution in [0.2, 0.25) is 0 Å². The topological polar surface area (TPSA) is 183 Å². The molecule has 2 aliphatic heterocycles. The number of aldehydes is 1. The maximum atomic E-state index is 14.9. The summed E-state index contributed by atoms with van der Waals surface area (Å²) < 4.78 is 57.6. The Balaban J connectivity index is 1.43. The van der Waals surface area contributed by atoms with Crippen molar-refractivity contribution in [2.24, 2.45) is 22.9 Å². The number of oxime groups is 1. The number of rotatable bonds is 20. The molecule has 0 radical (unpaired) electrons. The van der Waals surface area contributed by atoms with E-state index in [0.717, 1.165) is 55.9 Å². The van der Waals surface area contributed by atoms with E-state index in [2.05, 4.69) is 18.0 Å². The Bertz CT molecular complexity index is 2260. The molecule has 0 spiro atoms. The number of aliphatic hydroxyl groups excluding tert-OH is 2. The summed E-state index contributed by atoms with van der Waals surface area (Å²) in [4.78, 5) is 29.6. The van der Waals surface area contributed by atoms with Crippen molar-refractivity contribution in [3.05, 3.63) is 102 Å². The highest BCUT2D eigenvalue weighted by Gasteiger charge is 2.65. The van der Waals surface area contributed by atoms with Crippen LogP contribution in [0.1, 0.15) is 93.0 Å². The zero-order chi connectivity index (χ0) is 44.6. The predicted molar refractivity (Wildman–Crippen MR) is 237 cm³/mol. The summed E-state index contributed by atoms with van der Waals surface area (Å²) in [7, 11) is -2.74. The van der Waals surface area contributed by atoms with E-state index in [-0.39, 0.29) is 54.8 Å². The SMILES string of the molecule is C=CCO[C@@]12Oc3ccc(Oc4cccc(C=O)c4)cc3[C@H]3[C@H](CCCCO)[C@@H](CCCCO)C=C(C(=NOC4CCCCO4)C[C@@H]1N(C)S(=O)(=O)c1ccc(NC(C)=O)cc1)[C@H]32. The first-order valence-corrected chi connectivity index (χ1v) is 23.4. The van der Waals surface area contributed by atoms with Gasteiger partial charge in [-0.3, -0.25) is 9.59 Å². The third-order valence-corrected chi connectivity index (χ3v) is 14.5. The minimum Gasteiger partial charge on any atom is -0.460 e. The Kier molecular flexibility index (Phi) is 15.2. The number of carbonyl (C=O) groups excluding carboxylic acids is 2. The van der Waals surface area contributed by atoms with Crippen molar-refractivity contribution in [3.63, 3.8) is 0 Å². The van der Waals surface area contributed by atoms with Gasteiger partial charge < -0.3 is 39.3 Å². The summed E-state index contributed by atoms with van der Waals surface area (Å²) in [5.41, 5.74) is 3.14. The standard InChI is InChI=1S/C48H59N3O11S/c1-4-25-59-48-44(51(3)63(56,57)38-20-17-35(18-21-38)49-32(2)55)30-42(50-62-45-16-7-10-26-58-45)40-28-34(13-5-8-23-52)39(15-6-9-24-53)46(47(40)48)41-29-37(19-22-43(41)61-48)60-36-14-11-12-33(27-36)31-54/h4,11-12,14,17-22,27-29,31,34,39,44-47,52-53H,1,5-10,13,15-16,23-26,30H2,2-3H3,(H,49,55)/t34-,39+,44-,45?,46+,47+,48+/m0/s1. The van der Waals surface area contributed by atoms with Crippen molar-refractivity contribution in [1.29, 1.82) is 0 Å². The molecule has 1 amide bonds. The van der Waals surface area contributed by atoms with Gasteiger partial charge in [0.05, 0.1) is 35.8 Å². The molecule has 1 unspecified atom stereocenters. The number of hydrogen-bond donors (Lipinski definition) is 3. The highest BCUT2D eigenvalue weighted by Crippen LogP contribution is 2.62. The van der Waals surface area contributed by atoms with E-state index in [9.17, 15) is 28.2 Å². The minimum atomic E-state index is -4.26. The molecule has 3 N–H and O–H groups in total. The fraction of sp³-hybridized carbons (Fsp3) is 0.479. The molecule has 1 saturated carbocycles. The van der Waals surface area contributed by atoms with Crippen LogP contribution in [0.3, 0.4) is 0 Å². The van der Waals surface area contributed by atoms with E-state index in [0.29, 0.717) is 60.1 Å². The van der Waals surface area contributed by atoms with Crippen LogP contribution in [-0.2, 0) is 29.1 Å². The largest absolute Gasteiger partial charge is 0.460 e. The molecule has 338 valence electrons. The maximum Gasteiger partial charge on any atom is 0.243 e. The average molecular weight is 886 g/mol. The molecule has 7 rings (SSSR count). The molecule has 63 heavy (non-hydrogen) atoms. The van der Waals surface area contributed by atoms with E-state index in [1.54, 1.807) is 48.5 Å². The summed E-state index contributed by atoms with van der Waals surface area (Å²) in [6.45, 7) is 6.03. The lowest BCUT2D eigenvalue weighted by Crippen LogP contribution is -2.69. The van der Waals surface area contributed by atoms with Crippen LogP contribution in [0, 0.1) is 17.8 Å². The van der Waals surface area contributed by atoms with Crippen molar-refractivity contribution in [1.82, 2.24) is 4.31 Å². The second kappa shape index (κ2) is 20.7. The Morgan fingerprint density at radius 1 is 1.02 bits per heavy atom. The summed E-state index contributed by atoms with van der Waals surface area (Å²) in [6.07, 6.45) is 10.8. The number of nitrogens with one attached hydrogen (secondary N) is 1. The van der Waals surface area contributed by atoms with Crippen LogP contribution in [0.4, 0.5) is 5.69 Å². The van der Waals surface area contributed by atoms with Gasteiger partial charge in [-0.25, -0.2) is 8.42 Å². The van der Waals surface area contributed by atoms with Gasteiger partial charge >= 0.3 is 0 Å². The van der Waals surface area contributed by atoms with Crippen molar-refractivity contribution < 1.29 is 52.0 Å². The van der Waals surface area contributed by atoms with Gasteiger partial charge in [0.2, 0.25) is 28.0 Å². The normalized spacial score (nSPS) is 25.9. The molecule has 2 heterocycles. The Labute approximate surface area is 369 Å².